The van der Waals surface area contributed by atoms with Crippen LogP contribution in [0.1, 0.15) is 19.4 Å². The second kappa shape index (κ2) is 6.48. The Labute approximate surface area is 130 Å². The van der Waals surface area contributed by atoms with Crippen molar-refractivity contribution in [2.45, 2.75) is 25.2 Å². The molecule has 3 nitrogen and oxygen atoms in total. The molecular weight excluding hydrogens is 303 g/mol. The van der Waals surface area contributed by atoms with Crippen LogP contribution in [-0.4, -0.2) is 14.7 Å². The lowest BCUT2D eigenvalue weighted by molar-refractivity contribution is 0.474. The van der Waals surface area contributed by atoms with E-state index in [2.05, 4.69) is 13.8 Å². The zero-order chi connectivity index (χ0) is 16.3. The molecule has 2 aromatic carbocycles. The molecule has 0 saturated carbocycles. The van der Waals surface area contributed by atoms with Crippen LogP contribution in [0, 0.1) is 11.7 Å². The van der Waals surface area contributed by atoms with E-state index in [0.717, 1.165) is 18.2 Å². The number of halogens is 1. The van der Waals surface area contributed by atoms with Gasteiger partial charge in [0.15, 0.2) is 9.84 Å². The van der Waals surface area contributed by atoms with Gasteiger partial charge in [-0.25, -0.2) is 12.8 Å². The van der Waals surface area contributed by atoms with Crippen LogP contribution >= 0.6 is 0 Å². The van der Waals surface area contributed by atoms with E-state index in [-0.39, 0.29) is 10.7 Å². The fraction of sp³-hybridized carbons (Fsp3) is 0.294. The van der Waals surface area contributed by atoms with Crippen LogP contribution in [0.25, 0.3) is 0 Å². The third kappa shape index (κ3) is 4.56. The Morgan fingerprint density at radius 3 is 2.23 bits per heavy atom. The zero-order valence-corrected chi connectivity index (χ0v) is 13.7. The lowest BCUT2D eigenvalue weighted by Crippen LogP contribution is -1.97. The van der Waals surface area contributed by atoms with E-state index in [9.17, 15) is 12.8 Å². The lowest BCUT2D eigenvalue weighted by atomic mass is 10.0. The van der Waals surface area contributed by atoms with Crippen molar-refractivity contribution in [3.05, 3.63) is 53.8 Å². The summed E-state index contributed by atoms with van der Waals surface area (Å²) >= 11 is 0. The molecule has 0 atom stereocenters. The van der Waals surface area contributed by atoms with Crippen molar-refractivity contribution in [3.8, 4) is 11.5 Å². The maximum atomic E-state index is 13.6. The van der Waals surface area contributed by atoms with Crippen molar-refractivity contribution < 1.29 is 17.5 Å². The van der Waals surface area contributed by atoms with Crippen molar-refractivity contribution in [1.82, 2.24) is 0 Å². The number of hydrogen-bond acceptors (Lipinski definition) is 3. The van der Waals surface area contributed by atoms with Gasteiger partial charge < -0.3 is 4.74 Å². The van der Waals surface area contributed by atoms with Gasteiger partial charge >= 0.3 is 0 Å². The average Bonchev–Trinajstić information content (AvgIpc) is 2.36. The monoisotopic (exact) mass is 322 g/mol. The smallest absolute Gasteiger partial charge is 0.175 e. The summed E-state index contributed by atoms with van der Waals surface area (Å²) in [4.78, 5) is 0.222. The van der Waals surface area contributed by atoms with Crippen LogP contribution in [0.4, 0.5) is 4.39 Å². The van der Waals surface area contributed by atoms with Gasteiger partial charge in [-0.15, -0.1) is 0 Å². The van der Waals surface area contributed by atoms with Gasteiger partial charge in [0, 0.05) is 12.3 Å². The molecule has 5 heteroatoms. The first-order valence-electron chi connectivity index (χ1n) is 7.01. The molecule has 0 aromatic heterocycles. The normalized spacial score (nSPS) is 11.7. The molecule has 0 aliphatic carbocycles. The predicted octanol–water partition coefficient (Wildman–Crippen LogP) is 4.22. The largest absolute Gasteiger partial charge is 0.457 e. The van der Waals surface area contributed by atoms with Crippen LogP contribution in [-0.2, 0) is 16.3 Å². The van der Waals surface area contributed by atoms with Crippen molar-refractivity contribution in [2.75, 3.05) is 6.26 Å². The molecule has 2 rings (SSSR count). The highest BCUT2D eigenvalue weighted by Crippen LogP contribution is 2.25. The molecule has 2 aromatic rings. The summed E-state index contributed by atoms with van der Waals surface area (Å²) in [6, 6.07) is 10.7. The van der Waals surface area contributed by atoms with Gasteiger partial charge in [0.1, 0.15) is 17.3 Å². The van der Waals surface area contributed by atoms with Crippen LogP contribution < -0.4 is 4.74 Å². The molecule has 0 amide bonds. The topological polar surface area (TPSA) is 43.4 Å². The minimum Gasteiger partial charge on any atom is -0.457 e. The van der Waals surface area contributed by atoms with Crippen LogP contribution in [0.3, 0.4) is 0 Å². The zero-order valence-electron chi connectivity index (χ0n) is 12.8. The van der Waals surface area contributed by atoms with E-state index in [1.165, 1.54) is 24.3 Å². The summed E-state index contributed by atoms with van der Waals surface area (Å²) in [5.74, 6) is 0.945. The highest BCUT2D eigenvalue weighted by atomic mass is 32.2. The molecule has 0 N–H and O–H groups in total. The summed E-state index contributed by atoms with van der Waals surface area (Å²) in [5.41, 5.74) is 0.873. The lowest BCUT2D eigenvalue weighted by Gasteiger charge is -2.10. The van der Waals surface area contributed by atoms with Gasteiger partial charge in [-0.3, -0.25) is 0 Å². The van der Waals surface area contributed by atoms with Crippen molar-refractivity contribution in [2.24, 2.45) is 5.92 Å². The molecule has 0 aliphatic rings. The number of ether oxygens (including phenoxy) is 1. The van der Waals surface area contributed by atoms with E-state index in [1.54, 1.807) is 18.2 Å². The molecule has 0 saturated heterocycles. The van der Waals surface area contributed by atoms with Crippen molar-refractivity contribution in [3.63, 3.8) is 0 Å². The predicted molar refractivity (Wildman–Crippen MR) is 84.6 cm³/mol. The van der Waals surface area contributed by atoms with Gasteiger partial charge in [0.25, 0.3) is 0 Å². The summed E-state index contributed by atoms with van der Waals surface area (Å²) in [6.07, 6.45) is 1.91. The van der Waals surface area contributed by atoms with Crippen LogP contribution in [0.15, 0.2) is 47.4 Å². The Kier molecular flexibility index (Phi) is 4.86. The first kappa shape index (κ1) is 16.5. The van der Waals surface area contributed by atoms with E-state index >= 15 is 0 Å². The molecule has 0 unspecified atom stereocenters. The van der Waals surface area contributed by atoms with Crippen LogP contribution in [0.5, 0.6) is 11.5 Å². The summed E-state index contributed by atoms with van der Waals surface area (Å²) in [6.45, 7) is 4.13. The second-order valence-corrected chi connectivity index (χ2v) is 7.75. The number of benzene rings is 2. The standard InChI is InChI=1S/C17H19FO3S/c1-12(2)8-13-9-14(18)11-16(10-13)21-15-4-6-17(7-5-15)22(3,19)20/h4-7,9-12H,8H2,1-3H3. The average molecular weight is 322 g/mol. The van der Waals surface area contributed by atoms with E-state index in [1.807, 2.05) is 0 Å². The van der Waals surface area contributed by atoms with Crippen molar-refractivity contribution >= 4 is 9.84 Å². The Bertz CT molecular complexity index is 750. The summed E-state index contributed by atoms with van der Waals surface area (Å²) < 4.78 is 42.1. The van der Waals surface area contributed by atoms with E-state index in [4.69, 9.17) is 4.74 Å². The van der Waals surface area contributed by atoms with Gasteiger partial charge in [-0.1, -0.05) is 13.8 Å². The maximum Gasteiger partial charge on any atom is 0.175 e. The van der Waals surface area contributed by atoms with Gasteiger partial charge in [0.2, 0.25) is 0 Å². The fourth-order valence-electron chi connectivity index (χ4n) is 2.16. The summed E-state index contributed by atoms with van der Waals surface area (Å²) in [7, 11) is -3.23. The molecular formula is C17H19FO3S. The molecule has 0 fully saturated rings. The third-order valence-electron chi connectivity index (χ3n) is 3.06. The first-order valence-corrected chi connectivity index (χ1v) is 8.90. The molecule has 118 valence electrons. The Morgan fingerprint density at radius 1 is 1.05 bits per heavy atom. The maximum absolute atomic E-state index is 13.6. The minimum absolute atomic E-state index is 0.222. The first-order chi connectivity index (χ1) is 10.2. The van der Waals surface area contributed by atoms with Gasteiger partial charge in [-0.05, 0) is 54.3 Å². The quantitative estimate of drug-likeness (QED) is 0.828. The van der Waals surface area contributed by atoms with Gasteiger partial charge in [0.05, 0.1) is 4.90 Å². The Morgan fingerprint density at radius 2 is 1.68 bits per heavy atom. The summed E-state index contributed by atoms with van der Waals surface area (Å²) in [5, 5.41) is 0. The SMILES string of the molecule is CC(C)Cc1cc(F)cc(Oc2ccc(S(C)(=O)=O)cc2)c1. The molecule has 0 aliphatic heterocycles. The Hall–Kier alpha value is -1.88. The molecule has 0 radical (unpaired) electrons. The highest BCUT2D eigenvalue weighted by molar-refractivity contribution is 7.90. The molecule has 0 spiro atoms. The van der Waals surface area contributed by atoms with E-state index < -0.39 is 9.84 Å². The van der Waals surface area contributed by atoms with E-state index in [0.29, 0.717) is 17.4 Å². The minimum atomic E-state index is -3.23. The third-order valence-corrected chi connectivity index (χ3v) is 4.19. The number of hydrogen-bond donors (Lipinski definition) is 0. The number of sulfone groups is 1. The van der Waals surface area contributed by atoms with Gasteiger partial charge in [-0.2, -0.15) is 0 Å². The van der Waals surface area contributed by atoms with Crippen molar-refractivity contribution in [1.29, 1.82) is 0 Å². The highest BCUT2D eigenvalue weighted by Gasteiger charge is 2.08. The molecule has 0 heterocycles. The number of rotatable bonds is 5. The molecule has 22 heavy (non-hydrogen) atoms. The fourth-order valence-corrected chi connectivity index (χ4v) is 2.79. The van der Waals surface area contributed by atoms with Crippen LogP contribution in [0.2, 0.25) is 0 Å². The second-order valence-electron chi connectivity index (χ2n) is 5.74. The molecule has 0 bridgehead atoms. The Balaban J connectivity index is 2.21.